The third kappa shape index (κ3) is 4.59. The molecule has 25 heavy (non-hydrogen) atoms. The van der Waals surface area contributed by atoms with Crippen molar-refractivity contribution in [3.8, 4) is 0 Å². The van der Waals surface area contributed by atoms with Gasteiger partial charge in [0.15, 0.2) is 5.92 Å². The second kappa shape index (κ2) is 8.65. The zero-order valence-corrected chi connectivity index (χ0v) is 14.7. The SMILES string of the molecule is CCOC(=O)C(C(=O)OCC)C1(CCc2ccccc2)CCC(=O)N1. The summed E-state index contributed by atoms with van der Waals surface area (Å²) in [5, 5.41) is 2.88. The van der Waals surface area contributed by atoms with Crippen LogP contribution in [0.3, 0.4) is 0 Å². The van der Waals surface area contributed by atoms with Crippen LogP contribution in [0.2, 0.25) is 0 Å². The number of amides is 1. The first-order chi connectivity index (χ1) is 12.0. The van der Waals surface area contributed by atoms with Crippen LogP contribution in [0.15, 0.2) is 30.3 Å². The predicted octanol–water partition coefficient (Wildman–Crippen LogP) is 2.01. The number of carbonyl (C=O) groups is 3. The van der Waals surface area contributed by atoms with Crippen molar-refractivity contribution in [2.75, 3.05) is 13.2 Å². The van der Waals surface area contributed by atoms with Gasteiger partial charge in [0.1, 0.15) is 0 Å². The fourth-order valence-corrected chi connectivity index (χ4v) is 3.30. The van der Waals surface area contributed by atoms with Crippen molar-refractivity contribution in [1.82, 2.24) is 5.32 Å². The fourth-order valence-electron chi connectivity index (χ4n) is 3.30. The first-order valence-corrected chi connectivity index (χ1v) is 8.70. The first kappa shape index (κ1) is 19.0. The zero-order valence-electron chi connectivity index (χ0n) is 14.7. The Bertz CT molecular complexity index is 598. The molecule has 0 aliphatic carbocycles. The Balaban J connectivity index is 2.28. The van der Waals surface area contributed by atoms with E-state index in [4.69, 9.17) is 9.47 Å². The summed E-state index contributed by atoms with van der Waals surface area (Å²) in [5.74, 6) is -2.60. The molecule has 1 aliphatic heterocycles. The molecule has 0 spiro atoms. The highest BCUT2D eigenvalue weighted by Crippen LogP contribution is 2.35. The number of ether oxygens (including phenoxy) is 2. The van der Waals surface area contributed by atoms with E-state index in [2.05, 4.69) is 5.32 Å². The van der Waals surface area contributed by atoms with Crippen molar-refractivity contribution in [2.24, 2.45) is 5.92 Å². The van der Waals surface area contributed by atoms with Crippen molar-refractivity contribution in [1.29, 1.82) is 0 Å². The van der Waals surface area contributed by atoms with Gasteiger partial charge in [-0.2, -0.15) is 0 Å². The normalized spacial score (nSPS) is 19.6. The average molecular weight is 347 g/mol. The lowest BCUT2D eigenvalue weighted by molar-refractivity contribution is -0.166. The van der Waals surface area contributed by atoms with Gasteiger partial charge in [0, 0.05) is 6.42 Å². The van der Waals surface area contributed by atoms with Gasteiger partial charge in [-0.1, -0.05) is 30.3 Å². The largest absolute Gasteiger partial charge is 0.465 e. The molecule has 1 aliphatic rings. The highest BCUT2D eigenvalue weighted by molar-refractivity contribution is 5.98. The summed E-state index contributed by atoms with van der Waals surface area (Å²) in [5.41, 5.74) is 0.111. The molecule has 6 heteroatoms. The molecule has 6 nitrogen and oxygen atoms in total. The third-order valence-electron chi connectivity index (χ3n) is 4.49. The first-order valence-electron chi connectivity index (χ1n) is 8.70. The highest BCUT2D eigenvalue weighted by Gasteiger charge is 2.52. The Morgan fingerprint density at radius 2 is 1.72 bits per heavy atom. The van der Waals surface area contributed by atoms with Crippen LogP contribution in [0.4, 0.5) is 0 Å². The van der Waals surface area contributed by atoms with E-state index in [0.29, 0.717) is 19.3 Å². The molecule has 1 aromatic carbocycles. The predicted molar refractivity (Wildman–Crippen MR) is 91.6 cm³/mol. The highest BCUT2D eigenvalue weighted by atomic mass is 16.6. The van der Waals surface area contributed by atoms with E-state index in [9.17, 15) is 14.4 Å². The van der Waals surface area contributed by atoms with Crippen molar-refractivity contribution in [3.63, 3.8) is 0 Å². The van der Waals surface area contributed by atoms with E-state index in [1.165, 1.54) is 0 Å². The Morgan fingerprint density at radius 3 is 2.20 bits per heavy atom. The molecule has 1 amide bonds. The number of aryl methyl sites for hydroxylation is 1. The number of rotatable bonds is 8. The molecule has 1 fully saturated rings. The van der Waals surface area contributed by atoms with Crippen LogP contribution >= 0.6 is 0 Å². The molecular formula is C19H25NO5. The van der Waals surface area contributed by atoms with E-state index in [1.807, 2.05) is 30.3 Å². The van der Waals surface area contributed by atoms with Gasteiger partial charge in [0.05, 0.1) is 18.8 Å². The molecule has 1 heterocycles. The van der Waals surface area contributed by atoms with E-state index >= 15 is 0 Å². The zero-order chi connectivity index (χ0) is 18.3. The van der Waals surface area contributed by atoms with Crippen LogP contribution in [0.5, 0.6) is 0 Å². The number of benzene rings is 1. The van der Waals surface area contributed by atoms with Crippen LogP contribution in [0.25, 0.3) is 0 Å². The molecule has 0 radical (unpaired) electrons. The van der Waals surface area contributed by atoms with Gasteiger partial charge in [-0.3, -0.25) is 14.4 Å². The van der Waals surface area contributed by atoms with E-state index < -0.39 is 23.4 Å². The van der Waals surface area contributed by atoms with Crippen LogP contribution in [-0.2, 0) is 30.3 Å². The van der Waals surface area contributed by atoms with Crippen LogP contribution < -0.4 is 5.32 Å². The maximum absolute atomic E-state index is 12.5. The molecule has 2 rings (SSSR count). The number of nitrogens with one attached hydrogen (secondary N) is 1. The van der Waals surface area contributed by atoms with E-state index in [-0.39, 0.29) is 25.5 Å². The van der Waals surface area contributed by atoms with Crippen LogP contribution in [-0.4, -0.2) is 36.6 Å². The van der Waals surface area contributed by atoms with Crippen molar-refractivity contribution < 1.29 is 23.9 Å². The molecule has 1 N–H and O–H groups in total. The molecule has 136 valence electrons. The van der Waals surface area contributed by atoms with Gasteiger partial charge < -0.3 is 14.8 Å². The summed E-state index contributed by atoms with van der Waals surface area (Å²) in [4.78, 5) is 36.9. The Morgan fingerprint density at radius 1 is 1.12 bits per heavy atom. The number of hydrogen-bond acceptors (Lipinski definition) is 5. The lowest BCUT2D eigenvalue weighted by atomic mass is 9.78. The summed E-state index contributed by atoms with van der Waals surface area (Å²) < 4.78 is 10.2. The lowest BCUT2D eigenvalue weighted by Gasteiger charge is -2.34. The Kier molecular flexibility index (Phi) is 6.56. The van der Waals surface area contributed by atoms with E-state index in [0.717, 1.165) is 5.56 Å². The molecule has 1 unspecified atom stereocenters. The van der Waals surface area contributed by atoms with Crippen molar-refractivity contribution >= 4 is 17.8 Å². The summed E-state index contributed by atoms with van der Waals surface area (Å²) in [7, 11) is 0. The average Bonchev–Trinajstić information content (AvgIpc) is 2.96. The Hall–Kier alpha value is -2.37. The van der Waals surface area contributed by atoms with Gasteiger partial charge >= 0.3 is 11.9 Å². The van der Waals surface area contributed by atoms with Gasteiger partial charge in [-0.25, -0.2) is 0 Å². The van der Waals surface area contributed by atoms with Gasteiger partial charge in [0.25, 0.3) is 0 Å². The minimum Gasteiger partial charge on any atom is -0.465 e. The maximum Gasteiger partial charge on any atom is 0.322 e. The molecule has 0 aromatic heterocycles. The Labute approximate surface area is 147 Å². The van der Waals surface area contributed by atoms with Gasteiger partial charge in [0.2, 0.25) is 5.91 Å². The summed E-state index contributed by atoms with van der Waals surface area (Å²) in [6.07, 6.45) is 1.78. The van der Waals surface area contributed by atoms with Crippen molar-refractivity contribution in [2.45, 2.75) is 45.1 Å². The second-order valence-electron chi connectivity index (χ2n) is 6.13. The third-order valence-corrected chi connectivity index (χ3v) is 4.49. The maximum atomic E-state index is 12.5. The van der Waals surface area contributed by atoms with Gasteiger partial charge in [-0.05, 0) is 38.7 Å². The summed E-state index contributed by atoms with van der Waals surface area (Å²) in [6.45, 7) is 3.70. The number of hydrogen-bond donors (Lipinski definition) is 1. The van der Waals surface area contributed by atoms with Crippen LogP contribution in [0, 0.1) is 5.92 Å². The second-order valence-corrected chi connectivity index (χ2v) is 6.13. The molecular weight excluding hydrogens is 322 g/mol. The number of carbonyl (C=O) groups excluding carboxylic acids is 3. The molecule has 0 saturated carbocycles. The molecule has 1 aromatic rings. The summed E-state index contributed by atoms with van der Waals surface area (Å²) >= 11 is 0. The lowest BCUT2D eigenvalue weighted by Crippen LogP contribution is -2.55. The van der Waals surface area contributed by atoms with Crippen molar-refractivity contribution in [3.05, 3.63) is 35.9 Å². The minimum atomic E-state index is -1.15. The quantitative estimate of drug-likeness (QED) is 0.575. The van der Waals surface area contributed by atoms with E-state index in [1.54, 1.807) is 13.8 Å². The van der Waals surface area contributed by atoms with Crippen LogP contribution in [0.1, 0.15) is 38.7 Å². The topological polar surface area (TPSA) is 81.7 Å². The molecule has 0 bridgehead atoms. The van der Waals surface area contributed by atoms with Gasteiger partial charge in [-0.15, -0.1) is 0 Å². The smallest absolute Gasteiger partial charge is 0.322 e. The standard InChI is InChI=1S/C19H25NO5/c1-3-24-17(22)16(18(23)25-4-2)19(13-11-15(21)20-19)12-10-14-8-6-5-7-9-14/h5-9,16H,3-4,10-13H2,1-2H3,(H,20,21). The minimum absolute atomic E-state index is 0.161. The summed E-state index contributed by atoms with van der Waals surface area (Å²) in [6, 6.07) is 9.76. The fraction of sp³-hybridized carbons (Fsp3) is 0.526. The molecule has 1 saturated heterocycles. The molecule has 1 atom stereocenters. The number of esters is 2. The monoisotopic (exact) mass is 347 g/mol.